The number of nitro groups is 1. The number of hydrazone groups is 1. The van der Waals surface area contributed by atoms with Gasteiger partial charge in [0.15, 0.2) is 0 Å². The molecule has 6 N–H and O–H groups in total. The summed E-state index contributed by atoms with van der Waals surface area (Å²) in [6.45, 7) is 0. The van der Waals surface area contributed by atoms with E-state index in [-0.39, 0.29) is 80.8 Å². The van der Waals surface area contributed by atoms with Crippen molar-refractivity contribution in [3.63, 3.8) is 0 Å². The second-order valence-corrected chi connectivity index (χ2v) is 7.75. The molecule has 14 nitrogen and oxygen atoms in total. The minimum atomic E-state index is -4.76. The molecule has 0 saturated carbocycles. The Bertz CT molecular complexity index is 1410. The number of phenols is 2. The third-order valence-corrected chi connectivity index (χ3v) is 4.98. The van der Waals surface area contributed by atoms with Crippen molar-refractivity contribution in [2.75, 3.05) is 11.2 Å². The quantitative estimate of drug-likeness (QED) is 0.0355. The van der Waals surface area contributed by atoms with Crippen molar-refractivity contribution >= 4 is 50.0 Å². The van der Waals surface area contributed by atoms with Crippen LogP contribution in [0.4, 0.5) is 28.4 Å². The molecule has 17 heteroatoms. The number of carbonyl (C=O) groups excluding carboxylic acids is 1. The summed E-state index contributed by atoms with van der Waals surface area (Å²) in [6, 6.07) is 5.63. The van der Waals surface area contributed by atoms with Gasteiger partial charge in [0.1, 0.15) is 39.2 Å². The molecule has 181 valence electrons. The van der Waals surface area contributed by atoms with Gasteiger partial charge in [-0.25, -0.2) is 0 Å². The average Bonchev–Trinajstić information content (AvgIpc) is 2.72. The molecule has 35 heavy (non-hydrogen) atoms. The summed E-state index contributed by atoms with van der Waals surface area (Å²) < 4.78 is 31.6. The van der Waals surface area contributed by atoms with Crippen LogP contribution in [-0.4, -0.2) is 39.6 Å². The van der Waals surface area contributed by atoms with Crippen LogP contribution < -0.4 is 40.7 Å². The zero-order valence-corrected chi connectivity index (χ0v) is 21.3. The summed E-state index contributed by atoms with van der Waals surface area (Å²) in [4.78, 5) is 21.4. The molecule has 3 rings (SSSR count). The molecule has 2 aromatic carbocycles. The van der Waals surface area contributed by atoms with Crippen molar-refractivity contribution in [1.29, 1.82) is 0 Å². The molecule has 1 aliphatic rings. The Morgan fingerprint density at radius 2 is 1.77 bits per heavy atom. The molecule has 0 saturated heterocycles. The largest absolute Gasteiger partial charge is 1.00 e. The molecule has 0 aromatic heterocycles. The van der Waals surface area contributed by atoms with Gasteiger partial charge in [0.2, 0.25) is 5.78 Å². The van der Waals surface area contributed by atoms with Gasteiger partial charge in [-0.1, -0.05) is 6.08 Å². The number of ketones is 1. The number of hydrogen-bond acceptors (Lipinski definition) is 12. The van der Waals surface area contributed by atoms with Gasteiger partial charge in [-0.15, -0.1) is 5.11 Å². The smallest absolute Gasteiger partial charge is 0.506 e. The normalized spacial score (nSPS) is 14.3. The fraction of sp³-hybridized carbons (Fsp3) is 0. The Kier molecular flexibility index (Phi) is 10.3. The van der Waals surface area contributed by atoms with E-state index in [0.717, 1.165) is 24.3 Å². The number of nitrogens with two attached hydrogens (primary N) is 1. The maximum absolute atomic E-state index is 12.1. The van der Waals surface area contributed by atoms with E-state index >= 15 is 0 Å². The first-order valence-corrected chi connectivity index (χ1v) is 10.2. The van der Waals surface area contributed by atoms with Crippen molar-refractivity contribution in [3.8, 4) is 11.5 Å². The number of allylic oxidation sites excluding steroid dienone is 4. The third-order valence-electron chi connectivity index (χ3n) is 4.11. The number of aromatic hydroxyl groups is 2. The number of hydrogen-bond donors (Lipinski definition) is 5. The molecule has 0 spiro atoms. The Balaban J connectivity index is 0.00000306. The summed E-state index contributed by atoms with van der Waals surface area (Å²) in [5, 5.41) is 42.1. The van der Waals surface area contributed by atoms with Crippen LogP contribution in [0.3, 0.4) is 0 Å². The van der Waals surface area contributed by atoms with Crippen LogP contribution >= 0.6 is 0 Å². The van der Waals surface area contributed by atoms with Crippen LogP contribution in [0.1, 0.15) is 0 Å². The molecule has 0 aliphatic heterocycles. The zero-order valence-electron chi connectivity index (χ0n) is 17.6. The van der Waals surface area contributed by atoms with Crippen molar-refractivity contribution in [2.24, 2.45) is 15.3 Å². The van der Waals surface area contributed by atoms with Crippen LogP contribution in [-0.2, 0) is 32.0 Å². The average molecular weight is 561 g/mol. The van der Waals surface area contributed by atoms with Gasteiger partial charge >= 0.3 is 29.6 Å². The first-order chi connectivity index (χ1) is 15.5. The predicted octanol–water partition coefficient (Wildman–Crippen LogP) is -0.316. The van der Waals surface area contributed by atoms with Crippen LogP contribution in [0.15, 0.2) is 68.8 Å². The van der Waals surface area contributed by atoms with Crippen LogP contribution in [0.25, 0.3) is 0 Å². The van der Waals surface area contributed by atoms with Crippen molar-refractivity contribution in [3.05, 3.63) is 63.6 Å². The van der Waals surface area contributed by atoms with E-state index in [2.05, 4.69) is 20.8 Å². The number of nitro benzene ring substituents is 1. The van der Waals surface area contributed by atoms with Crippen molar-refractivity contribution in [1.82, 2.24) is 0 Å². The van der Waals surface area contributed by atoms with Gasteiger partial charge < -0.3 is 15.9 Å². The second-order valence-electron chi connectivity index (χ2n) is 6.36. The van der Waals surface area contributed by atoms with Gasteiger partial charge in [-0.2, -0.15) is 18.6 Å². The predicted molar refractivity (Wildman–Crippen MR) is 116 cm³/mol. The third kappa shape index (κ3) is 7.19. The Morgan fingerprint density at radius 1 is 1.09 bits per heavy atom. The molecule has 0 bridgehead atoms. The van der Waals surface area contributed by atoms with E-state index in [0.29, 0.717) is 0 Å². The summed E-state index contributed by atoms with van der Waals surface area (Å²) in [5.41, 5.74) is 6.92. The van der Waals surface area contributed by atoms with Crippen LogP contribution in [0.2, 0.25) is 0 Å². The number of nitrogen functional groups attached to an aromatic ring is 1. The van der Waals surface area contributed by atoms with Crippen LogP contribution in [0.5, 0.6) is 11.5 Å². The van der Waals surface area contributed by atoms with E-state index in [1.54, 1.807) is 0 Å². The monoisotopic (exact) mass is 560 g/mol. The topological polar surface area (TPSA) is 230 Å². The molecular weight excluding hydrogens is 547 g/mol. The van der Waals surface area contributed by atoms with E-state index in [1.165, 1.54) is 24.3 Å². The standard InChI is InChI=1S/C18H14N6O8S.Cu.Na/c19-10-6-9(4-5-14(10)24(28)29)20-22-12-7-13(16(26)8-15(12)25)23-21-11-2-1-3-17(18(11)27)33(30,31)32;;/h1-8,23,25-26H,19H2,(H,30,31,32);;/q;;+1/b21-11-,22-20?;;. The second kappa shape index (κ2) is 12.0. The van der Waals surface area contributed by atoms with Gasteiger partial charge in [-0.05, 0) is 30.4 Å². The Labute approximate surface area is 230 Å². The first-order valence-electron chi connectivity index (χ1n) is 8.73. The fourth-order valence-electron chi connectivity index (χ4n) is 2.53. The first kappa shape index (κ1) is 29.9. The Morgan fingerprint density at radius 3 is 2.37 bits per heavy atom. The molecular formula is C18H14CuN6NaO8S+. The number of rotatable bonds is 6. The number of azo groups is 1. The Hall–Kier alpha value is -3.11. The number of nitrogens with zero attached hydrogens (tertiary/aromatic N) is 4. The summed E-state index contributed by atoms with van der Waals surface area (Å²) >= 11 is 0. The van der Waals surface area contributed by atoms with Gasteiger partial charge in [0.25, 0.3) is 15.8 Å². The SMILES string of the molecule is Nc1cc(N=Nc2cc(N/N=C3/C=CC=C(S(=O)(=O)O)C3=O)c(O)cc2O)ccc1[N+](=O)[O-].[Cu].[Na+]. The molecule has 1 aliphatic carbocycles. The number of carbonyl (C=O) groups is 1. The van der Waals surface area contributed by atoms with E-state index in [4.69, 9.17) is 10.3 Å². The molecule has 1 radical (unpaired) electrons. The number of benzene rings is 2. The summed E-state index contributed by atoms with van der Waals surface area (Å²) in [5.74, 6) is -2.05. The minimum absolute atomic E-state index is 0. The van der Waals surface area contributed by atoms with E-state index in [9.17, 15) is 33.5 Å². The fourth-order valence-corrected chi connectivity index (χ4v) is 3.12. The van der Waals surface area contributed by atoms with E-state index in [1.807, 2.05) is 0 Å². The van der Waals surface area contributed by atoms with Crippen LogP contribution in [0, 0.1) is 10.1 Å². The van der Waals surface area contributed by atoms with Crippen molar-refractivity contribution in [2.45, 2.75) is 0 Å². The molecule has 2 aromatic rings. The number of nitrogens with one attached hydrogen (secondary N) is 1. The van der Waals surface area contributed by atoms with Gasteiger partial charge in [-0.3, -0.25) is 24.9 Å². The van der Waals surface area contributed by atoms with Crippen molar-refractivity contribution < 1.29 is 79.5 Å². The minimum Gasteiger partial charge on any atom is -0.506 e. The molecule has 0 amide bonds. The van der Waals surface area contributed by atoms with Gasteiger partial charge in [0.05, 0.1) is 10.6 Å². The maximum atomic E-state index is 12.1. The molecule has 0 fully saturated rings. The van der Waals surface area contributed by atoms with Gasteiger partial charge in [0, 0.05) is 29.2 Å². The summed E-state index contributed by atoms with van der Waals surface area (Å²) in [6.07, 6.45) is 3.25. The summed E-state index contributed by atoms with van der Waals surface area (Å²) in [7, 11) is -4.76. The molecule has 0 atom stereocenters. The number of phenolic OH excluding ortho intramolecular Hbond substituents is 2. The van der Waals surface area contributed by atoms with E-state index < -0.39 is 37.2 Å². The maximum Gasteiger partial charge on any atom is 1.00 e. The zero-order chi connectivity index (χ0) is 24.3. The number of Topliss-reactive ketones (excluding diaryl/α,β-unsaturated/α-hetero) is 1. The molecule has 0 unspecified atom stereocenters. The number of anilines is 2. The molecule has 0 heterocycles.